The number of carbonyl (C=O) groups is 2. The molecule has 1 aliphatic carbocycles. The van der Waals surface area contributed by atoms with Gasteiger partial charge in [-0.25, -0.2) is 9.97 Å². The summed E-state index contributed by atoms with van der Waals surface area (Å²) >= 11 is 0. The van der Waals surface area contributed by atoms with Gasteiger partial charge >= 0.3 is 0 Å². The second-order valence-electron chi connectivity index (χ2n) is 5.13. The molecule has 110 valence electrons. The average Bonchev–Trinajstić information content (AvgIpc) is 2.60. The molecular weight excluding hydrogens is 290 g/mol. The van der Waals surface area contributed by atoms with Crippen molar-refractivity contribution in [3.63, 3.8) is 0 Å². The number of benzene rings is 2. The number of anilines is 2. The molecule has 2 aromatic carbocycles. The molecule has 0 saturated heterocycles. The zero-order valence-corrected chi connectivity index (χ0v) is 12.0. The normalized spacial score (nSPS) is 12.5. The molecule has 0 bridgehead atoms. The minimum atomic E-state index is -0.172. The van der Waals surface area contributed by atoms with E-state index in [1.807, 2.05) is 0 Å². The summed E-state index contributed by atoms with van der Waals surface area (Å²) < 4.78 is 0. The molecule has 1 aromatic heterocycles. The second-order valence-corrected chi connectivity index (χ2v) is 5.13. The molecule has 23 heavy (non-hydrogen) atoms. The smallest absolute Gasteiger partial charge is 0.227 e. The van der Waals surface area contributed by atoms with Crippen LogP contribution < -0.4 is 5.32 Å². The highest BCUT2D eigenvalue weighted by molar-refractivity contribution is 6.30. The first-order valence-electron chi connectivity index (χ1n) is 7.11. The van der Waals surface area contributed by atoms with Crippen molar-refractivity contribution in [2.75, 3.05) is 5.32 Å². The lowest BCUT2D eigenvalue weighted by Gasteiger charge is -2.20. The standard InChI is InChI=1S/C18H11N3O2/c22-16-11-5-1-2-6-12(11)17(23)15-13(16)7-3-8-14(15)21-18-19-9-4-10-20-18/h1-10H,(H,19,20,21). The molecule has 5 heteroatoms. The van der Waals surface area contributed by atoms with Crippen molar-refractivity contribution >= 4 is 23.2 Å². The van der Waals surface area contributed by atoms with Crippen molar-refractivity contribution in [3.8, 4) is 0 Å². The molecule has 0 unspecified atom stereocenters. The summed E-state index contributed by atoms with van der Waals surface area (Å²) in [5.74, 6) is 0.0575. The molecule has 0 aliphatic heterocycles. The summed E-state index contributed by atoms with van der Waals surface area (Å²) in [6.07, 6.45) is 3.21. The SMILES string of the molecule is O=C1c2ccccc2C(=O)c2c(Nc3ncccn3)cccc21. The van der Waals surface area contributed by atoms with Crippen molar-refractivity contribution < 1.29 is 9.59 Å². The largest absolute Gasteiger partial charge is 0.323 e. The molecule has 0 amide bonds. The number of carbonyl (C=O) groups excluding carboxylic acids is 2. The predicted molar refractivity (Wildman–Crippen MR) is 85.1 cm³/mol. The Kier molecular flexibility index (Phi) is 2.98. The first kappa shape index (κ1) is 13.3. The monoisotopic (exact) mass is 301 g/mol. The number of rotatable bonds is 2. The Morgan fingerprint density at radius 2 is 1.35 bits per heavy atom. The zero-order valence-electron chi connectivity index (χ0n) is 12.0. The first-order valence-corrected chi connectivity index (χ1v) is 7.11. The third-order valence-electron chi connectivity index (χ3n) is 3.76. The molecule has 3 aromatic rings. The van der Waals surface area contributed by atoms with E-state index in [1.165, 1.54) is 0 Å². The number of nitrogens with zero attached hydrogens (tertiary/aromatic N) is 2. The number of fused-ring (bicyclic) bond motifs is 2. The van der Waals surface area contributed by atoms with Crippen LogP contribution in [0.5, 0.6) is 0 Å². The lowest BCUT2D eigenvalue weighted by molar-refractivity contribution is 0.0979. The molecule has 0 saturated carbocycles. The van der Waals surface area contributed by atoms with Crippen LogP contribution in [0.4, 0.5) is 11.6 Å². The van der Waals surface area contributed by atoms with Gasteiger partial charge in [-0.3, -0.25) is 9.59 Å². The van der Waals surface area contributed by atoms with Gasteiger partial charge in [0.05, 0.1) is 11.3 Å². The van der Waals surface area contributed by atoms with E-state index in [0.29, 0.717) is 33.9 Å². The maximum Gasteiger partial charge on any atom is 0.227 e. The summed E-state index contributed by atoms with van der Waals surface area (Å²) in [6, 6.07) is 13.7. The van der Waals surface area contributed by atoms with E-state index >= 15 is 0 Å². The van der Waals surface area contributed by atoms with Gasteiger partial charge in [-0.05, 0) is 12.1 Å². The van der Waals surface area contributed by atoms with Crippen LogP contribution in [0.3, 0.4) is 0 Å². The van der Waals surface area contributed by atoms with Gasteiger partial charge < -0.3 is 5.32 Å². The number of hydrogen-bond donors (Lipinski definition) is 1. The lowest BCUT2D eigenvalue weighted by Crippen LogP contribution is -2.22. The second kappa shape index (κ2) is 5.14. The van der Waals surface area contributed by atoms with Crippen LogP contribution in [0.1, 0.15) is 31.8 Å². The Labute approximate surface area is 132 Å². The molecule has 0 spiro atoms. The highest BCUT2D eigenvalue weighted by atomic mass is 16.1. The van der Waals surface area contributed by atoms with E-state index in [0.717, 1.165) is 0 Å². The lowest BCUT2D eigenvalue weighted by atomic mass is 9.83. The Balaban J connectivity index is 1.87. The average molecular weight is 301 g/mol. The van der Waals surface area contributed by atoms with Gasteiger partial charge in [0.2, 0.25) is 5.95 Å². The number of aromatic nitrogens is 2. The van der Waals surface area contributed by atoms with E-state index < -0.39 is 0 Å². The maximum atomic E-state index is 12.8. The van der Waals surface area contributed by atoms with Gasteiger partial charge in [0.25, 0.3) is 0 Å². The maximum absolute atomic E-state index is 12.8. The fourth-order valence-corrected chi connectivity index (χ4v) is 2.73. The molecular formula is C18H11N3O2. The highest BCUT2D eigenvalue weighted by Crippen LogP contribution is 2.32. The molecule has 1 heterocycles. The van der Waals surface area contributed by atoms with Crippen LogP contribution in [-0.2, 0) is 0 Å². The van der Waals surface area contributed by atoms with E-state index in [4.69, 9.17) is 0 Å². The van der Waals surface area contributed by atoms with E-state index in [2.05, 4.69) is 15.3 Å². The molecule has 5 nitrogen and oxygen atoms in total. The van der Waals surface area contributed by atoms with Crippen LogP contribution >= 0.6 is 0 Å². The molecule has 0 atom stereocenters. The van der Waals surface area contributed by atoms with Crippen molar-refractivity contribution in [2.45, 2.75) is 0 Å². The van der Waals surface area contributed by atoms with Gasteiger partial charge in [-0.15, -0.1) is 0 Å². The summed E-state index contributed by atoms with van der Waals surface area (Å²) in [5, 5.41) is 3.02. The molecule has 1 aliphatic rings. The Hall–Kier alpha value is -3.34. The van der Waals surface area contributed by atoms with Crippen molar-refractivity contribution in [3.05, 3.63) is 83.2 Å². The Morgan fingerprint density at radius 3 is 2.09 bits per heavy atom. The molecule has 0 radical (unpaired) electrons. The number of hydrogen-bond acceptors (Lipinski definition) is 5. The minimum absolute atomic E-state index is 0.146. The molecule has 0 fully saturated rings. The van der Waals surface area contributed by atoms with E-state index in [1.54, 1.807) is 60.9 Å². The van der Waals surface area contributed by atoms with Crippen LogP contribution in [0.15, 0.2) is 60.9 Å². The van der Waals surface area contributed by atoms with E-state index in [-0.39, 0.29) is 11.6 Å². The molecule has 4 rings (SSSR count). The number of ketones is 2. The quantitative estimate of drug-likeness (QED) is 0.616. The summed E-state index contributed by atoms with van der Waals surface area (Å²) in [5.41, 5.74) is 2.16. The highest BCUT2D eigenvalue weighted by Gasteiger charge is 2.31. The molecule has 1 N–H and O–H groups in total. The summed E-state index contributed by atoms with van der Waals surface area (Å²) in [6.45, 7) is 0. The topological polar surface area (TPSA) is 72.0 Å². The van der Waals surface area contributed by atoms with Gasteiger partial charge in [0.1, 0.15) is 0 Å². The van der Waals surface area contributed by atoms with Gasteiger partial charge in [-0.2, -0.15) is 0 Å². The van der Waals surface area contributed by atoms with Gasteiger partial charge in [0.15, 0.2) is 11.6 Å². The summed E-state index contributed by atoms with van der Waals surface area (Å²) in [4.78, 5) is 33.7. The van der Waals surface area contributed by atoms with Crippen LogP contribution in [0, 0.1) is 0 Å². The fraction of sp³-hybridized carbons (Fsp3) is 0. The van der Waals surface area contributed by atoms with Crippen molar-refractivity contribution in [2.24, 2.45) is 0 Å². The third kappa shape index (κ3) is 2.10. The third-order valence-corrected chi connectivity index (χ3v) is 3.76. The van der Waals surface area contributed by atoms with Crippen LogP contribution in [0.25, 0.3) is 0 Å². The Bertz CT molecular complexity index is 936. The van der Waals surface area contributed by atoms with Crippen LogP contribution in [-0.4, -0.2) is 21.5 Å². The van der Waals surface area contributed by atoms with Crippen molar-refractivity contribution in [1.29, 1.82) is 0 Å². The van der Waals surface area contributed by atoms with E-state index in [9.17, 15) is 9.59 Å². The minimum Gasteiger partial charge on any atom is -0.323 e. The summed E-state index contributed by atoms with van der Waals surface area (Å²) in [7, 11) is 0. The first-order chi connectivity index (χ1) is 11.3. The van der Waals surface area contributed by atoms with Crippen molar-refractivity contribution in [1.82, 2.24) is 9.97 Å². The zero-order chi connectivity index (χ0) is 15.8. The number of nitrogens with one attached hydrogen (secondary N) is 1. The van der Waals surface area contributed by atoms with Crippen LogP contribution in [0.2, 0.25) is 0 Å². The Morgan fingerprint density at radius 1 is 0.696 bits per heavy atom. The predicted octanol–water partition coefficient (Wildman–Crippen LogP) is 3.00. The van der Waals surface area contributed by atoms with Gasteiger partial charge in [-0.1, -0.05) is 36.4 Å². The van der Waals surface area contributed by atoms with Gasteiger partial charge in [0, 0.05) is 29.1 Å². The fourth-order valence-electron chi connectivity index (χ4n) is 2.73.